The molecule has 0 aliphatic rings. The average molecular weight is 293 g/mol. The monoisotopic (exact) mass is 292 g/mol. The highest BCUT2D eigenvalue weighted by Gasteiger charge is 1.99. The second-order valence-electron chi connectivity index (χ2n) is 4.23. The third-order valence-corrected chi connectivity index (χ3v) is 3.59. The summed E-state index contributed by atoms with van der Waals surface area (Å²) in [6.45, 7) is 1.98. The Morgan fingerprint density at radius 3 is 2.37 bits per heavy atom. The molecular weight excluding hydrogens is 279 g/mol. The van der Waals surface area contributed by atoms with Gasteiger partial charge in [-0.15, -0.1) is 0 Å². The van der Waals surface area contributed by atoms with Gasteiger partial charge < -0.3 is 4.74 Å². The van der Waals surface area contributed by atoms with Crippen LogP contribution in [-0.4, -0.2) is 7.11 Å². The molecule has 0 saturated heterocycles. The standard InChI is InChI=1S/C16H14Cl2O/c1-11-3-4-12(9-15(11)17)5-6-13-7-8-14(19-2)10-16(13)18/h3-10H,1-2H3/b6-5+. The largest absolute Gasteiger partial charge is 0.497 e. The Morgan fingerprint density at radius 1 is 0.947 bits per heavy atom. The lowest BCUT2D eigenvalue weighted by Crippen LogP contribution is -1.83. The fourth-order valence-corrected chi connectivity index (χ4v) is 2.09. The van der Waals surface area contributed by atoms with Crippen molar-refractivity contribution in [1.82, 2.24) is 0 Å². The molecular formula is C16H14Cl2O. The van der Waals surface area contributed by atoms with E-state index in [0.29, 0.717) is 5.02 Å². The van der Waals surface area contributed by atoms with Crippen molar-refractivity contribution in [1.29, 1.82) is 0 Å². The van der Waals surface area contributed by atoms with Crippen LogP contribution in [0, 0.1) is 6.92 Å². The number of aryl methyl sites for hydroxylation is 1. The van der Waals surface area contributed by atoms with Crippen LogP contribution < -0.4 is 4.74 Å². The van der Waals surface area contributed by atoms with Crippen LogP contribution in [0.25, 0.3) is 12.2 Å². The van der Waals surface area contributed by atoms with Crippen molar-refractivity contribution < 1.29 is 4.74 Å². The van der Waals surface area contributed by atoms with E-state index < -0.39 is 0 Å². The van der Waals surface area contributed by atoms with E-state index in [2.05, 4.69) is 0 Å². The summed E-state index contributed by atoms with van der Waals surface area (Å²) >= 11 is 12.3. The minimum absolute atomic E-state index is 0.661. The molecule has 0 spiro atoms. The molecule has 0 aliphatic carbocycles. The SMILES string of the molecule is COc1ccc(/C=C/c2ccc(C)c(Cl)c2)c(Cl)c1. The molecule has 0 radical (unpaired) electrons. The molecule has 0 bridgehead atoms. The number of methoxy groups -OCH3 is 1. The van der Waals surface area contributed by atoms with Gasteiger partial charge in [0.2, 0.25) is 0 Å². The van der Waals surface area contributed by atoms with Crippen LogP contribution in [0.4, 0.5) is 0 Å². The van der Waals surface area contributed by atoms with Crippen molar-refractivity contribution in [2.24, 2.45) is 0 Å². The molecule has 2 aromatic carbocycles. The maximum absolute atomic E-state index is 6.17. The lowest BCUT2D eigenvalue weighted by atomic mass is 10.1. The number of rotatable bonds is 3. The first-order valence-electron chi connectivity index (χ1n) is 5.88. The highest BCUT2D eigenvalue weighted by Crippen LogP contribution is 2.24. The summed E-state index contributed by atoms with van der Waals surface area (Å²) in [5.41, 5.74) is 3.06. The van der Waals surface area contributed by atoms with E-state index in [1.807, 2.05) is 49.4 Å². The third-order valence-electron chi connectivity index (χ3n) is 2.86. The summed E-state index contributed by atoms with van der Waals surface area (Å²) in [5, 5.41) is 1.43. The quantitative estimate of drug-likeness (QED) is 0.681. The minimum Gasteiger partial charge on any atom is -0.497 e. The number of ether oxygens (including phenoxy) is 1. The van der Waals surface area contributed by atoms with Crippen molar-refractivity contribution in [3.63, 3.8) is 0 Å². The first kappa shape index (κ1) is 14.0. The fourth-order valence-electron chi connectivity index (χ4n) is 1.67. The Labute approximate surface area is 123 Å². The maximum atomic E-state index is 6.17. The smallest absolute Gasteiger partial charge is 0.120 e. The molecule has 0 aromatic heterocycles. The molecule has 2 aromatic rings. The van der Waals surface area contributed by atoms with Gasteiger partial charge >= 0.3 is 0 Å². The zero-order chi connectivity index (χ0) is 13.8. The molecule has 0 unspecified atom stereocenters. The van der Waals surface area contributed by atoms with Gasteiger partial charge in [0, 0.05) is 5.02 Å². The van der Waals surface area contributed by atoms with E-state index in [0.717, 1.165) is 27.5 Å². The van der Waals surface area contributed by atoms with Gasteiger partial charge in [0.05, 0.1) is 12.1 Å². The second kappa shape index (κ2) is 6.14. The van der Waals surface area contributed by atoms with Gasteiger partial charge in [-0.05, 0) is 47.9 Å². The molecule has 1 nitrogen and oxygen atoms in total. The van der Waals surface area contributed by atoms with E-state index in [-0.39, 0.29) is 0 Å². The molecule has 0 saturated carbocycles. The van der Waals surface area contributed by atoms with Gasteiger partial charge in [0.1, 0.15) is 5.75 Å². The Hall–Kier alpha value is -1.44. The molecule has 0 atom stereocenters. The van der Waals surface area contributed by atoms with Gasteiger partial charge in [-0.25, -0.2) is 0 Å². The van der Waals surface area contributed by atoms with Crippen molar-refractivity contribution >= 4 is 35.4 Å². The molecule has 2 rings (SSSR count). The molecule has 0 N–H and O–H groups in total. The molecule has 3 heteroatoms. The van der Waals surface area contributed by atoms with Crippen LogP contribution in [0.3, 0.4) is 0 Å². The van der Waals surface area contributed by atoms with E-state index in [4.69, 9.17) is 27.9 Å². The van der Waals surface area contributed by atoms with Gasteiger partial charge in [0.15, 0.2) is 0 Å². The first-order valence-corrected chi connectivity index (χ1v) is 6.63. The predicted molar refractivity (Wildman–Crippen MR) is 83.1 cm³/mol. The Bertz CT molecular complexity index is 618. The molecule has 0 aliphatic heterocycles. The van der Waals surface area contributed by atoms with E-state index in [9.17, 15) is 0 Å². The summed E-state index contributed by atoms with van der Waals surface area (Å²) < 4.78 is 5.12. The third kappa shape index (κ3) is 3.52. The Morgan fingerprint density at radius 2 is 1.74 bits per heavy atom. The van der Waals surface area contributed by atoms with Gasteiger partial charge in [-0.3, -0.25) is 0 Å². The average Bonchev–Trinajstić information content (AvgIpc) is 2.41. The predicted octanol–water partition coefficient (Wildman–Crippen LogP) is 5.48. The van der Waals surface area contributed by atoms with Gasteiger partial charge in [0.25, 0.3) is 0 Å². The lowest BCUT2D eigenvalue weighted by molar-refractivity contribution is 0.415. The van der Waals surface area contributed by atoms with Crippen LogP contribution in [0.2, 0.25) is 10.0 Å². The van der Waals surface area contributed by atoms with Crippen molar-refractivity contribution in [2.75, 3.05) is 7.11 Å². The lowest BCUT2D eigenvalue weighted by Gasteiger charge is -2.03. The van der Waals surface area contributed by atoms with Crippen LogP contribution in [0.15, 0.2) is 36.4 Å². The second-order valence-corrected chi connectivity index (χ2v) is 5.04. The highest BCUT2D eigenvalue weighted by molar-refractivity contribution is 6.32. The zero-order valence-electron chi connectivity index (χ0n) is 10.8. The molecule has 98 valence electrons. The van der Waals surface area contributed by atoms with Crippen LogP contribution in [0.5, 0.6) is 5.75 Å². The Kier molecular flexibility index (Phi) is 4.52. The summed E-state index contributed by atoms with van der Waals surface area (Å²) in [4.78, 5) is 0. The normalized spacial score (nSPS) is 10.9. The fraction of sp³-hybridized carbons (Fsp3) is 0.125. The van der Waals surface area contributed by atoms with E-state index >= 15 is 0 Å². The van der Waals surface area contributed by atoms with Gasteiger partial charge in [-0.2, -0.15) is 0 Å². The summed E-state index contributed by atoms with van der Waals surface area (Å²) in [6.07, 6.45) is 3.95. The maximum Gasteiger partial charge on any atom is 0.120 e. The van der Waals surface area contributed by atoms with Crippen molar-refractivity contribution in [3.05, 3.63) is 63.1 Å². The zero-order valence-corrected chi connectivity index (χ0v) is 12.3. The number of hydrogen-bond donors (Lipinski definition) is 0. The molecule has 0 amide bonds. The summed E-state index contributed by atoms with van der Waals surface area (Å²) in [5.74, 6) is 0.750. The topological polar surface area (TPSA) is 9.23 Å². The van der Waals surface area contributed by atoms with Crippen LogP contribution >= 0.6 is 23.2 Å². The highest BCUT2D eigenvalue weighted by atomic mass is 35.5. The summed E-state index contributed by atoms with van der Waals surface area (Å²) in [7, 11) is 1.62. The summed E-state index contributed by atoms with van der Waals surface area (Å²) in [6, 6.07) is 11.6. The number of benzene rings is 2. The van der Waals surface area contributed by atoms with E-state index in [1.165, 1.54) is 0 Å². The number of hydrogen-bond acceptors (Lipinski definition) is 1. The Balaban J connectivity index is 2.24. The number of halogens is 2. The molecule has 19 heavy (non-hydrogen) atoms. The van der Waals surface area contributed by atoms with E-state index in [1.54, 1.807) is 13.2 Å². The van der Waals surface area contributed by atoms with Gasteiger partial charge in [-0.1, -0.05) is 47.5 Å². The molecule has 0 heterocycles. The molecule has 0 fully saturated rings. The minimum atomic E-state index is 0.661. The van der Waals surface area contributed by atoms with Crippen molar-refractivity contribution in [3.8, 4) is 5.75 Å². The van der Waals surface area contributed by atoms with Crippen molar-refractivity contribution in [2.45, 2.75) is 6.92 Å². The van der Waals surface area contributed by atoms with Crippen LogP contribution in [0.1, 0.15) is 16.7 Å². The first-order chi connectivity index (χ1) is 9.10. The van der Waals surface area contributed by atoms with Crippen LogP contribution in [-0.2, 0) is 0 Å².